The van der Waals surface area contributed by atoms with Crippen LogP contribution in [0.1, 0.15) is 22.8 Å². The van der Waals surface area contributed by atoms with Gasteiger partial charge in [-0.15, -0.1) is 0 Å². The largest absolute Gasteiger partial charge is 0.352 e. The monoisotopic (exact) mass is 335 g/mol. The summed E-state index contributed by atoms with van der Waals surface area (Å²) >= 11 is 0. The molecule has 0 bridgehead atoms. The second-order valence-electron chi connectivity index (χ2n) is 5.03. The molecule has 23 heavy (non-hydrogen) atoms. The Morgan fingerprint density at radius 3 is 2.39 bits per heavy atom. The Hall–Kier alpha value is -2.21. The van der Waals surface area contributed by atoms with Crippen LogP contribution in [-0.2, 0) is 16.3 Å². The molecule has 0 saturated carbocycles. The van der Waals surface area contributed by atoms with Crippen LogP contribution in [0.4, 0.5) is 4.39 Å². The van der Waals surface area contributed by atoms with Gasteiger partial charge < -0.3 is 5.32 Å². The van der Waals surface area contributed by atoms with Crippen LogP contribution in [0, 0.1) is 5.82 Å². The maximum atomic E-state index is 12.8. The number of carbonyl (C=O) groups excluding carboxylic acids is 1. The summed E-state index contributed by atoms with van der Waals surface area (Å²) in [5.41, 5.74) is 1.04. The molecule has 0 spiro atoms. The minimum atomic E-state index is -3.46. The molecule has 0 heterocycles. The minimum Gasteiger partial charge on any atom is -0.352 e. The van der Waals surface area contributed by atoms with Gasteiger partial charge in [0.05, 0.1) is 16.2 Å². The van der Waals surface area contributed by atoms with Crippen LogP contribution in [0.2, 0.25) is 0 Å². The SMILES string of the molecule is CCS(=O)(=O)c1ccccc1C(=O)NCCc1ccc(F)cc1. The van der Waals surface area contributed by atoms with Crippen molar-refractivity contribution in [3.05, 3.63) is 65.5 Å². The van der Waals surface area contributed by atoms with Crippen molar-refractivity contribution < 1.29 is 17.6 Å². The summed E-state index contributed by atoms with van der Waals surface area (Å²) in [5.74, 6) is -0.802. The summed E-state index contributed by atoms with van der Waals surface area (Å²) in [4.78, 5) is 12.3. The number of sulfone groups is 1. The van der Waals surface area contributed by atoms with Crippen molar-refractivity contribution in [2.45, 2.75) is 18.2 Å². The average molecular weight is 335 g/mol. The average Bonchev–Trinajstić information content (AvgIpc) is 2.56. The number of hydrogen-bond acceptors (Lipinski definition) is 3. The van der Waals surface area contributed by atoms with E-state index in [2.05, 4.69) is 5.32 Å². The molecule has 0 radical (unpaired) electrons. The number of carbonyl (C=O) groups is 1. The van der Waals surface area contributed by atoms with Gasteiger partial charge >= 0.3 is 0 Å². The molecule has 0 aliphatic carbocycles. The zero-order valence-electron chi connectivity index (χ0n) is 12.8. The molecule has 122 valence electrons. The molecule has 2 aromatic rings. The Labute approximate surface area is 135 Å². The second-order valence-corrected chi connectivity index (χ2v) is 7.28. The summed E-state index contributed by atoms with van der Waals surface area (Å²) in [7, 11) is -3.46. The number of halogens is 1. The molecule has 2 rings (SSSR count). The van der Waals surface area contributed by atoms with E-state index in [4.69, 9.17) is 0 Å². The van der Waals surface area contributed by atoms with E-state index in [-0.39, 0.29) is 22.0 Å². The molecule has 6 heteroatoms. The molecule has 1 N–H and O–H groups in total. The van der Waals surface area contributed by atoms with E-state index in [1.54, 1.807) is 31.2 Å². The zero-order valence-corrected chi connectivity index (χ0v) is 13.6. The molecule has 0 aliphatic heterocycles. The molecular formula is C17H18FNO3S. The lowest BCUT2D eigenvalue weighted by Crippen LogP contribution is -2.27. The van der Waals surface area contributed by atoms with E-state index < -0.39 is 15.7 Å². The van der Waals surface area contributed by atoms with Gasteiger partial charge in [0.15, 0.2) is 9.84 Å². The number of rotatable bonds is 6. The quantitative estimate of drug-likeness (QED) is 0.882. The van der Waals surface area contributed by atoms with Gasteiger partial charge in [-0.25, -0.2) is 12.8 Å². The number of benzene rings is 2. The molecule has 0 unspecified atom stereocenters. The van der Waals surface area contributed by atoms with Gasteiger partial charge in [0, 0.05) is 6.54 Å². The van der Waals surface area contributed by atoms with E-state index in [9.17, 15) is 17.6 Å². The van der Waals surface area contributed by atoms with Crippen LogP contribution in [-0.4, -0.2) is 26.6 Å². The second kappa shape index (κ2) is 7.37. The molecule has 0 fully saturated rings. The van der Waals surface area contributed by atoms with Gasteiger partial charge in [-0.05, 0) is 36.2 Å². The van der Waals surface area contributed by atoms with Crippen LogP contribution >= 0.6 is 0 Å². The van der Waals surface area contributed by atoms with Gasteiger partial charge in [-0.1, -0.05) is 31.2 Å². The number of hydrogen-bond donors (Lipinski definition) is 1. The van der Waals surface area contributed by atoms with Crippen LogP contribution in [0.25, 0.3) is 0 Å². The Kier molecular flexibility index (Phi) is 5.50. The molecule has 0 aliphatic rings. The van der Waals surface area contributed by atoms with Crippen LogP contribution in [0.15, 0.2) is 53.4 Å². The lowest BCUT2D eigenvalue weighted by molar-refractivity contribution is 0.0951. The molecular weight excluding hydrogens is 317 g/mol. The number of nitrogens with one attached hydrogen (secondary N) is 1. The minimum absolute atomic E-state index is 0.0433. The van der Waals surface area contributed by atoms with Crippen molar-refractivity contribution in [2.24, 2.45) is 0 Å². The molecule has 0 atom stereocenters. The van der Waals surface area contributed by atoms with Gasteiger partial charge in [-0.2, -0.15) is 0 Å². The van der Waals surface area contributed by atoms with Crippen LogP contribution in [0.5, 0.6) is 0 Å². The van der Waals surface area contributed by atoms with E-state index in [0.717, 1.165) is 5.56 Å². The van der Waals surface area contributed by atoms with Gasteiger partial charge in [-0.3, -0.25) is 4.79 Å². The molecule has 0 saturated heterocycles. The topological polar surface area (TPSA) is 63.2 Å². The van der Waals surface area contributed by atoms with E-state index in [1.165, 1.54) is 24.3 Å². The third-order valence-corrected chi connectivity index (χ3v) is 5.25. The molecule has 2 aromatic carbocycles. The fourth-order valence-electron chi connectivity index (χ4n) is 2.15. The van der Waals surface area contributed by atoms with Crippen LogP contribution < -0.4 is 5.32 Å². The maximum Gasteiger partial charge on any atom is 0.252 e. The Morgan fingerprint density at radius 1 is 1.09 bits per heavy atom. The smallest absolute Gasteiger partial charge is 0.252 e. The van der Waals surface area contributed by atoms with Crippen molar-refractivity contribution in [3.63, 3.8) is 0 Å². The lowest BCUT2D eigenvalue weighted by Gasteiger charge is -2.10. The molecule has 4 nitrogen and oxygen atoms in total. The highest BCUT2D eigenvalue weighted by atomic mass is 32.2. The van der Waals surface area contributed by atoms with Crippen molar-refractivity contribution in [2.75, 3.05) is 12.3 Å². The Morgan fingerprint density at radius 2 is 1.74 bits per heavy atom. The third-order valence-electron chi connectivity index (χ3n) is 3.46. The maximum absolute atomic E-state index is 12.8. The fraction of sp³-hybridized carbons (Fsp3) is 0.235. The van der Waals surface area contributed by atoms with Crippen LogP contribution in [0.3, 0.4) is 0 Å². The van der Waals surface area contributed by atoms with Gasteiger partial charge in [0.1, 0.15) is 5.82 Å². The molecule has 0 aromatic heterocycles. The normalized spacial score (nSPS) is 11.2. The predicted molar refractivity (Wildman–Crippen MR) is 86.6 cm³/mol. The van der Waals surface area contributed by atoms with Crippen molar-refractivity contribution in [1.82, 2.24) is 5.32 Å². The van der Waals surface area contributed by atoms with Crippen molar-refractivity contribution >= 4 is 15.7 Å². The number of amides is 1. The standard InChI is InChI=1S/C17H18FNO3S/c1-2-23(21,22)16-6-4-3-5-15(16)17(20)19-12-11-13-7-9-14(18)10-8-13/h3-10H,2,11-12H2,1H3,(H,19,20). The summed E-state index contributed by atoms with van der Waals surface area (Å²) in [6.45, 7) is 1.88. The summed E-state index contributed by atoms with van der Waals surface area (Å²) in [6, 6.07) is 12.2. The first-order valence-corrected chi connectivity index (χ1v) is 8.93. The van der Waals surface area contributed by atoms with E-state index >= 15 is 0 Å². The summed E-state index contributed by atoms with van der Waals surface area (Å²) in [6.07, 6.45) is 0.536. The van der Waals surface area contributed by atoms with Crippen molar-refractivity contribution in [3.8, 4) is 0 Å². The fourth-order valence-corrected chi connectivity index (χ4v) is 3.24. The first-order valence-electron chi connectivity index (χ1n) is 7.28. The first-order chi connectivity index (χ1) is 10.9. The lowest BCUT2D eigenvalue weighted by atomic mass is 10.1. The van der Waals surface area contributed by atoms with E-state index in [0.29, 0.717) is 13.0 Å². The highest BCUT2D eigenvalue weighted by Crippen LogP contribution is 2.17. The summed E-state index contributed by atoms with van der Waals surface area (Å²) < 4.78 is 36.9. The third kappa shape index (κ3) is 4.39. The molecule has 1 amide bonds. The zero-order chi connectivity index (χ0) is 16.9. The Bertz CT molecular complexity index is 786. The van der Waals surface area contributed by atoms with Crippen molar-refractivity contribution in [1.29, 1.82) is 0 Å². The summed E-state index contributed by atoms with van der Waals surface area (Å²) in [5, 5.41) is 2.70. The highest BCUT2D eigenvalue weighted by Gasteiger charge is 2.20. The highest BCUT2D eigenvalue weighted by molar-refractivity contribution is 7.91. The van der Waals surface area contributed by atoms with Gasteiger partial charge in [0.2, 0.25) is 0 Å². The first kappa shape index (κ1) is 17.1. The predicted octanol–water partition coefficient (Wildman–Crippen LogP) is 2.59. The van der Waals surface area contributed by atoms with E-state index in [1.807, 2.05) is 0 Å². The Balaban J connectivity index is 2.05. The van der Waals surface area contributed by atoms with Gasteiger partial charge in [0.25, 0.3) is 5.91 Å².